The predicted octanol–water partition coefficient (Wildman–Crippen LogP) is 2.40. The van der Waals surface area contributed by atoms with Gasteiger partial charge in [0.1, 0.15) is 5.69 Å². The Morgan fingerprint density at radius 1 is 1.26 bits per heavy atom. The van der Waals surface area contributed by atoms with Crippen LogP contribution < -0.4 is 5.73 Å². The highest BCUT2D eigenvalue weighted by molar-refractivity contribution is 5.69. The molecular formula is C15H18N4. The third-order valence-electron chi connectivity index (χ3n) is 2.85. The van der Waals surface area contributed by atoms with Crippen molar-refractivity contribution in [2.24, 2.45) is 5.73 Å². The lowest BCUT2D eigenvalue weighted by atomic mass is 10.1. The Bertz CT molecular complexity index is 579. The van der Waals surface area contributed by atoms with Gasteiger partial charge in [0.15, 0.2) is 0 Å². The van der Waals surface area contributed by atoms with Crippen molar-refractivity contribution >= 4 is 12.2 Å². The minimum atomic E-state index is 0.380. The predicted molar refractivity (Wildman–Crippen MR) is 78.2 cm³/mol. The van der Waals surface area contributed by atoms with Crippen LogP contribution >= 0.6 is 0 Å². The van der Waals surface area contributed by atoms with Crippen LogP contribution in [0.4, 0.5) is 0 Å². The Hall–Kier alpha value is -2.20. The second kappa shape index (κ2) is 6.11. The summed E-state index contributed by atoms with van der Waals surface area (Å²) in [4.78, 5) is 0. The van der Waals surface area contributed by atoms with Crippen LogP contribution in [-0.2, 0) is 13.1 Å². The van der Waals surface area contributed by atoms with Crippen LogP contribution in [-0.4, -0.2) is 15.0 Å². The topological polar surface area (TPSA) is 56.7 Å². The molecule has 4 heteroatoms. The van der Waals surface area contributed by atoms with Gasteiger partial charge in [-0.15, -0.1) is 11.7 Å². The molecule has 2 N–H and O–H groups in total. The fourth-order valence-corrected chi connectivity index (χ4v) is 1.79. The van der Waals surface area contributed by atoms with Crippen LogP contribution in [0.3, 0.4) is 0 Å². The van der Waals surface area contributed by atoms with Gasteiger partial charge in [-0.2, -0.15) is 0 Å². The first-order valence-corrected chi connectivity index (χ1v) is 6.22. The number of aromatic nitrogens is 3. The molecule has 0 aliphatic carbocycles. The third kappa shape index (κ3) is 3.17. The van der Waals surface area contributed by atoms with Gasteiger partial charge in [0.05, 0.1) is 12.2 Å². The van der Waals surface area contributed by atoms with Gasteiger partial charge in [-0.25, -0.2) is 4.68 Å². The number of nitrogens with zero attached hydrogens (tertiary/aromatic N) is 3. The van der Waals surface area contributed by atoms with E-state index in [1.54, 1.807) is 10.8 Å². The Labute approximate surface area is 113 Å². The van der Waals surface area contributed by atoms with Gasteiger partial charge in [0, 0.05) is 6.54 Å². The van der Waals surface area contributed by atoms with E-state index in [2.05, 4.69) is 48.1 Å². The summed E-state index contributed by atoms with van der Waals surface area (Å²) in [6.45, 7) is 6.79. The number of hydrogen-bond donors (Lipinski definition) is 1. The molecule has 0 saturated carbocycles. The van der Waals surface area contributed by atoms with Gasteiger partial charge in [0.25, 0.3) is 0 Å². The SMILES string of the molecule is C=CCn1nnc(CN)c1/C=C/c1ccc(C)cc1. The maximum atomic E-state index is 5.67. The van der Waals surface area contributed by atoms with E-state index in [1.165, 1.54) is 5.56 Å². The Kier molecular flexibility index (Phi) is 4.26. The first-order valence-electron chi connectivity index (χ1n) is 6.22. The fourth-order valence-electron chi connectivity index (χ4n) is 1.79. The average Bonchev–Trinajstić information content (AvgIpc) is 2.81. The van der Waals surface area contributed by atoms with Crippen LogP contribution in [0.25, 0.3) is 12.2 Å². The van der Waals surface area contributed by atoms with Gasteiger partial charge in [0.2, 0.25) is 0 Å². The molecule has 0 amide bonds. The molecule has 1 heterocycles. The van der Waals surface area contributed by atoms with Crippen molar-refractivity contribution in [3.8, 4) is 0 Å². The van der Waals surface area contributed by atoms with E-state index in [-0.39, 0.29) is 0 Å². The van der Waals surface area contributed by atoms with Crippen molar-refractivity contribution in [3.63, 3.8) is 0 Å². The summed E-state index contributed by atoms with van der Waals surface area (Å²) in [6.07, 6.45) is 5.82. The summed E-state index contributed by atoms with van der Waals surface area (Å²) in [5.41, 5.74) is 9.79. The zero-order chi connectivity index (χ0) is 13.7. The van der Waals surface area contributed by atoms with Gasteiger partial charge in [-0.05, 0) is 18.6 Å². The molecule has 4 nitrogen and oxygen atoms in total. The van der Waals surface area contributed by atoms with Gasteiger partial charge in [-0.3, -0.25) is 0 Å². The first kappa shape index (κ1) is 13.2. The zero-order valence-corrected chi connectivity index (χ0v) is 11.1. The monoisotopic (exact) mass is 254 g/mol. The second-order valence-electron chi connectivity index (χ2n) is 4.34. The van der Waals surface area contributed by atoms with Crippen molar-refractivity contribution in [2.75, 3.05) is 0 Å². The van der Waals surface area contributed by atoms with Crippen molar-refractivity contribution in [3.05, 3.63) is 59.4 Å². The molecule has 0 atom stereocenters. The van der Waals surface area contributed by atoms with Crippen molar-refractivity contribution in [2.45, 2.75) is 20.0 Å². The molecule has 0 bridgehead atoms. The molecule has 0 aliphatic rings. The molecule has 0 saturated heterocycles. The molecule has 0 spiro atoms. The maximum Gasteiger partial charge on any atom is 0.104 e. The molecule has 0 radical (unpaired) electrons. The number of allylic oxidation sites excluding steroid dienone is 1. The van der Waals surface area contributed by atoms with Crippen LogP contribution in [0, 0.1) is 6.92 Å². The molecule has 0 aliphatic heterocycles. The van der Waals surface area contributed by atoms with Gasteiger partial charge >= 0.3 is 0 Å². The molecule has 0 fully saturated rings. The number of benzene rings is 1. The standard InChI is InChI=1S/C15H18N4/c1-3-10-19-15(14(11-16)17-18-19)9-8-13-6-4-12(2)5-7-13/h3-9H,1,10-11,16H2,2H3/b9-8+. The van der Waals surface area contributed by atoms with E-state index in [4.69, 9.17) is 5.73 Å². The minimum Gasteiger partial charge on any atom is -0.325 e. The molecule has 2 aromatic rings. The summed E-state index contributed by atoms with van der Waals surface area (Å²) in [5, 5.41) is 8.14. The molecule has 2 rings (SSSR count). The lowest BCUT2D eigenvalue weighted by molar-refractivity contribution is 0.657. The molecule has 1 aromatic heterocycles. The number of aryl methyl sites for hydroxylation is 1. The van der Waals surface area contributed by atoms with Crippen LogP contribution in [0.5, 0.6) is 0 Å². The van der Waals surface area contributed by atoms with Gasteiger partial charge < -0.3 is 5.73 Å². The Morgan fingerprint density at radius 2 is 2.00 bits per heavy atom. The highest BCUT2D eigenvalue weighted by Gasteiger charge is 2.07. The molecule has 98 valence electrons. The smallest absolute Gasteiger partial charge is 0.104 e. The molecular weight excluding hydrogens is 236 g/mol. The van der Waals surface area contributed by atoms with Crippen LogP contribution in [0.15, 0.2) is 36.9 Å². The van der Waals surface area contributed by atoms with Crippen molar-refractivity contribution in [1.82, 2.24) is 15.0 Å². The highest BCUT2D eigenvalue weighted by Crippen LogP contribution is 2.12. The number of rotatable bonds is 5. The largest absolute Gasteiger partial charge is 0.325 e. The second-order valence-corrected chi connectivity index (χ2v) is 4.34. The quantitative estimate of drug-likeness (QED) is 0.834. The Balaban J connectivity index is 2.28. The highest BCUT2D eigenvalue weighted by atomic mass is 15.4. The average molecular weight is 254 g/mol. The number of nitrogens with two attached hydrogens (primary N) is 1. The third-order valence-corrected chi connectivity index (χ3v) is 2.85. The summed E-state index contributed by atoms with van der Waals surface area (Å²) in [5.74, 6) is 0. The summed E-state index contributed by atoms with van der Waals surface area (Å²) in [6, 6.07) is 8.33. The van der Waals surface area contributed by atoms with E-state index in [0.717, 1.165) is 17.0 Å². The number of hydrogen-bond acceptors (Lipinski definition) is 3. The lowest BCUT2D eigenvalue weighted by Crippen LogP contribution is -2.03. The van der Waals surface area contributed by atoms with Gasteiger partial charge in [-0.1, -0.05) is 47.2 Å². The fraction of sp³-hybridized carbons (Fsp3) is 0.200. The van der Waals surface area contributed by atoms with Crippen molar-refractivity contribution in [1.29, 1.82) is 0 Å². The summed E-state index contributed by atoms with van der Waals surface area (Å²) in [7, 11) is 0. The van der Waals surface area contributed by atoms with E-state index < -0.39 is 0 Å². The molecule has 0 unspecified atom stereocenters. The van der Waals surface area contributed by atoms with Crippen LogP contribution in [0.2, 0.25) is 0 Å². The maximum absolute atomic E-state index is 5.67. The normalized spacial score (nSPS) is 11.1. The first-order chi connectivity index (χ1) is 9.24. The summed E-state index contributed by atoms with van der Waals surface area (Å²) >= 11 is 0. The Morgan fingerprint density at radius 3 is 2.63 bits per heavy atom. The van der Waals surface area contributed by atoms with E-state index >= 15 is 0 Å². The molecule has 1 aromatic carbocycles. The zero-order valence-electron chi connectivity index (χ0n) is 11.1. The van der Waals surface area contributed by atoms with E-state index in [1.807, 2.05) is 12.2 Å². The minimum absolute atomic E-state index is 0.380. The van der Waals surface area contributed by atoms with E-state index in [9.17, 15) is 0 Å². The lowest BCUT2D eigenvalue weighted by Gasteiger charge is -2.00. The van der Waals surface area contributed by atoms with E-state index in [0.29, 0.717) is 13.1 Å². The molecule has 19 heavy (non-hydrogen) atoms. The van der Waals surface area contributed by atoms with Crippen molar-refractivity contribution < 1.29 is 0 Å². The summed E-state index contributed by atoms with van der Waals surface area (Å²) < 4.78 is 1.79. The van der Waals surface area contributed by atoms with Crippen LogP contribution in [0.1, 0.15) is 22.5 Å².